The Bertz CT molecular complexity index is 399. The molecule has 2 nitrogen and oxygen atoms in total. The zero-order chi connectivity index (χ0) is 18.0. The Morgan fingerprint density at radius 2 is 1.31 bits per heavy atom. The number of thioether (sulfide) groups is 1. The molecule has 3 fully saturated rings. The summed E-state index contributed by atoms with van der Waals surface area (Å²) in [6, 6.07) is 0.454. The first kappa shape index (κ1) is 20.6. The molecule has 0 aromatic heterocycles. The molecule has 3 heteroatoms. The molecule has 3 aliphatic rings. The first-order valence-corrected chi connectivity index (χ1v) is 12.8. The van der Waals surface area contributed by atoms with Gasteiger partial charge in [0.2, 0.25) is 5.91 Å². The summed E-state index contributed by atoms with van der Waals surface area (Å²) in [7, 11) is 0. The summed E-state index contributed by atoms with van der Waals surface area (Å²) in [5.41, 5.74) is 0. The van der Waals surface area contributed by atoms with Crippen molar-refractivity contribution >= 4 is 17.7 Å². The first-order chi connectivity index (χ1) is 12.8. The van der Waals surface area contributed by atoms with E-state index in [1.807, 2.05) is 0 Å². The van der Waals surface area contributed by atoms with Crippen LogP contribution in [0.1, 0.15) is 109 Å². The van der Waals surface area contributed by atoms with E-state index in [-0.39, 0.29) is 0 Å². The number of rotatable bonds is 5. The van der Waals surface area contributed by atoms with Gasteiger partial charge in [-0.15, -0.1) is 0 Å². The van der Waals surface area contributed by atoms with E-state index in [0.717, 1.165) is 24.0 Å². The molecule has 26 heavy (non-hydrogen) atoms. The molecular weight excluding hydrogens is 338 g/mol. The van der Waals surface area contributed by atoms with Gasteiger partial charge in [-0.2, -0.15) is 11.8 Å². The zero-order valence-electron chi connectivity index (χ0n) is 16.9. The second-order valence-electron chi connectivity index (χ2n) is 9.23. The van der Waals surface area contributed by atoms with Gasteiger partial charge in [-0.05, 0) is 56.6 Å². The zero-order valence-corrected chi connectivity index (χ0v) is 17.7. The predicted octanol–water partition coefficient (Wildman–Crippen LogP) is 6.48. The van der Waals surface area contributed by atoms with E-state index in [1.54, 1.807) is 0 Å². The van der Waals surface area contributed by atoms with Crippen LogP contribution in [0.15, 0.2) is 0 Å². The molecule has 0 aliphatic heterocycles. The van der Waals surface area contributed by atoms with Gasteiger partial charge in [0, 0.05) is 17.2 Å². The molecule has 0 aromatic carbocycles. The first-order valence-electron chi connectivity index (χ1n) is 11.7. The fraction of sp³-hybridized carbons (Fsp3) is 0.957. The standard InChI is InChI=1S/C23H41NOS/c25-23(20-12-5-4-6-13-20)24-21-14-10-9-11-19(17-21)18-26-22-15-7-2-1-3-8-16-22/h19-22H,1-18H2,(H,24,25). The lowest BCUT2D eigenvalue weighted by Gasteiger charge is -2.27. The average molecular weight is 380 g/mol. The summed E-state index contributed by atoms with van der Waals surface area (Å²) in [4.78, 5) is 12.6. The predicted molar refractivity (Wildman–Crippen MR) is 114 cm³/mol. The molecule has 2 atom stereocenters. The summed E-state index contributed by atoms with van der Waals surface area (Å²) < 4.78 is 0. The second kappa shape index (κ2) is 11.6. The van der Waals surface area contributed by atoms with Crippen LogP contribution in [0.5, 0.6) is 0 Å². The van der Waals surface area contributed by atoms with E-state index in [1.165, 1.54) is 102 Å². The maximum Gasteiger partial charge on any atom is 0.223 e. The van der Waals surface area contributed by atoms with Crippen LogP contribution in [0.4, 0.5) is 0 Å². The van der Waals surface area contributed by atoms with Crippen LogP contribution in [-0.2, 0) is 4.79 Å². The van der Waals surface area contributed by atoms with Crippen molar-refractivity contribution in [3.05, 3.63) is 0 Å². The van der Waals surface area contributed by atoms with E-state index in [4.69, 9.17) is 0 Å². The van der Waals surface area contributed by atoms with Crippen LogP contribution in [0.25, 0.3) is 0 Å². The van der Waals surface area contributed by atoms with Crippen molar-refractivity contribution < 1.29 is 4.79 Å². The van der Waals surface area contributed by atoms with Gasteiger partial charge in [0.25, 0.3) is 0 Å². The molecule has 0 radical (unpaired) electrons. The van der Waals surface area contributed by atoms with Crippen LogP contribution in [0.2, 0.25) is 0 Å². The number of carbonyl (C=O) groups excluding carboxylic acids is 1. The average Bonchev–Trinajstić information content (AvgIpc) is 2.86. The van der Waals surface area contributed by atoms with Gasteiger partial charge in [-0.3, -0.25) is 4.79 Å². The largest absolute Gasteiger partial charge is 0.353 e. The quantitative estimate of drug-likeness (QED) is 0.554. The number of nitrogens with one attached hydrogen (secondary N) is 1. The third-order valence-corrected chi connectivity index (χ3v) is 8.58. The molecule has 0 heterocycles. The second-order valence-corrected chi connectivity index (χ2v) is 10.6. The summed E-state index contributed by atoms with van der Waals surface area (Å²) in [5, 5.41) is 4.38. The van der Waals surface area contributed by atoms with E-state index in [9.17, 15) is 4.79 Å². The minimum absolute atomic E-state index is 0.315. The molecule has 0 bridgehead atoms. The maximum atomic E-state index is 12.6. The van der Waals surface area contributed by atoms with Gasteiger partial charge < -0.3 is 5.32 Å². The van der Waals surface area contributed by atoms with E-state index in [2.05, 4.69) is 17.1 Å². The van der Waals surface area contributed by atoms with E-state index < -0.39 is 0 Å². The van der Waals surface area contributed by atoms with Crippen molar-refractivity contribution in [2.24, 2.45) is 11.8 Å². The van der Waals surface area contributed by atoms with Crippen LogP contribution >= 0.6 is 11.8 Å². The third kappa shape index (κ3) is 7.09. The smallest absolute Gasteiger partial charge is 0.223 e. The number of hydrogen-bond acceptors (Lipinski definition) is 2. The monoisotopic (exact) mass is 379 g/mol. The number of hydrogen-bond donors (Lipinski definition) is 1. The molecule has 0 aromatic rings. The van der Waals surface area contributed by atoms with Crippen molar-refractivity contribution in [2.75, 3.05) is 5.75 Å². The van der Waals surface area contributed by atoms with Crippen LogP contribution in [0.3, 0.4) is 0 Å². The highest BCUT2D eigenvalue weighted by Crippen LogP contribution is 2.32. The summed E-state index contributed by atoms with van der Waals surface area (Å²) in [6.07, 6.45) is 22.7. The molecule has 3 rings (SSSR count). The minimum atomic E-state index is 0.315. The third-order valence-electron chi connectivity index (χ3n) is 6.97. The molecular formula is C23H41NOS. The lowest BCUT2D eigenvalue weighted by molar-refractivity contribution is -0.126. The highest BCUT2D eigenvalue weighted by Gasteiger charge is 2.26. The lowest BCUT2D eigenvalue weighted by Crippen LogP contribution is -2.40. The maximum absolute atomic E-state index is 12.6. The van der Waals surface area contributed by atoms with Gasteiger partial charge in [0.1, 0.15) is 0 Å². The van der Waals surface area contributed by atoms with Crippen LogP contribution < -0.4 is 5.32 Å². The fourth-order valence-electron chi connectivity index (χ4n) is 5.29. The van der Waals surface area contributed by atoms with Crippen molar-refractivity contribution in [3.8, 4) is 0 Å². The van der Waals surface area contributed by atoms with Gasteiger partial charge in [0.15, 0.2) is 0 Å². The van der Waals surface area contributed by atoms with Gasteiger partial charge in [-0.1, -0.05) is 64.2 Å². The number of carbonyl (C=O) groups is 1. The van der Waals surface area contributed by atoms with Gasteiger partial charge in [0.05, 0.1) is 0 Å². The Kier molecular flexibility index (Phi) is 9.18. The van der Waals surface area contributed by atoms with Crippen molar-refractivity contribution in [3.63, 3.8) is 0 Å². The topological polar surface area (TPSA) is 29.1 Å². The highest BCUT2D eigenvalue weighted by molar-refractivity contribution is 7.99. The van der Waals surface area contributed by atoms with E-state index in [0.29, 0.717) is 17.9 Å². The number of amides is 1. The molecule has 150 valence electrons. The summed E-state index contributed by atoms with van der Waals surface area (Å²) in [5.74, 6) is 2.85. The molecule has 1 N–H and O–H groups in total. The SMILES string of the molecule is O=C(NC1CCCCC(CSC2CCCCCCC2)C1)C1CCCCC1. The summed E-state index contributed by atoms with van der Waals surface area (Å²) >= 11 is 2.27. The highest BCUT2D eigenvalue weighted by atomic mass is 32.2. The van der Waals surface area contributed by atoms with Gasteiger partial charge in [-0.25, -0.2) is 0 Å². The Balaban J connectivity index is 1.42. The molecule has 2 unspecified atom stereocenters. The van der Waals surface area contributed by atoms with Crippen LogP contribution in [-0.4, -0.2) is 23.0 Å². The van der Waals surface area contributed by atoms with E-state index >= 15 is 0 Å². The van der Waals surface area contributed by atoms with Crippen molar-refractivity contribution in [1.29, 1.82) is 0 Å². The Morgan fingerprint density at radius 3 is 2.08 bits per heavy atom. The normalized spacial score (nSPS) is 30.2. The molecule has 0 saturated heterocycles. The molecule has 3 saturated carbocycles. The Labute approximate surface area is 166 Å². The molecule has 3 aliphatic carbocycles. The molecule has 0 spiro atoms. The summed E-state index contributed by atoms with van der Waals surface area (Å²) in [6.45, 7) is 0. The lowest BCUT2D eigenvalue weighted by atomic mass is 9.88. The van der Waals surface area contributed by atoms with Crippen molar-refractivity contribution in [1.82, 2.24) is 5.32 Å². The van der Waals surface area contributed by atoms with Crippen molar-refractivity contribution in [2.45, 2.75) is 120 Å². The Hall–Kier alpha value is -0.180. The van der Waals surface area contributed by atoms with Crippen LogP contribution in [0, 0.1) is 11.8 Å². The Morgan fingerprint density at radius 1 is 0.731 bits per heavy atom. The minimum Gasteiger partial charge on any atom is -0.353 e. The van der Waals surface area contributed by atoms with Gasteiger partial charge >= 0.3 is 0 Å². The fourth-order valence-corrected chi connectivity index (χ4v) is 6.80. The molecule has 1 amide bonds.